The van der Waals surface area contributed by atoms with Crippen molar-refractivity contribution in [2.24, 2.45) is 17.6 Å². The molecule has 0 saturated heterocycles. The molecule has 1 amide bonds. The molecule has 2 aromatic rings. The van der Waals surface area contributed by atoms with Crippen LogP contribution >= 0.6 is 0 Å². The van der Waals surface area contributed by atoms with E-state index >= 15 is 0 Å². The van der Waals surface area contributed by atoms with E-state index < -0.39 is 52.0 Å². The SMILES string of the molecule is Cc1cc(C)cc(-c2ccc(O)c3c2C[C@H]2C[C@H]4CC(=O)C(C(N)=O)=C(O)[C@@]4(O)C(=O)C2=C3O)c1. The van der Waals surface area contributed by atoms with E-state index in [2.05, 4.69) is 0 Å². The Morgan fingerprint density at radius 1 is 1.03 bits per heavy atom. The lowest BCUT2D eigenvalue weighted by Crippen LogP contribution is -2.58. The second-order valence-corrected chi connectivity index (χ2v) is 9.77. The van der Waals surface area contributed by atoms with Crippen molar-refractivity contribution in [2.45, 2.75) is 38.7 Å². The Balaban J connectivity index is 1.72. The molecular formula is C27H25NO7. The molecule has 0 spiro atoms. The largest absolute Gasteiger partial charge is 0.508 e. The summed E-state index contributed by atoms with van der Waals surface area (Å²) < 4.78 is 0. The third kappa shape index (κ3) is 3.13. The number of nitrogens with two attached hydrogens (primary N) is 1. The summed E-state index contributed by atoms with van der Waals surface area (Å²) in [5.74, 6) is -6.32. The predicted octanol–water partition coefficient (Wildman–Crippen LogP) is 2.71. The average Bonchev–Trinajstić information content (AvgIpc) is 2.75. The number of phenols is 1. The molecule has 1 fully saturated rings. The van der Waals surface area contributed by atoms with Gasteiger partial charge in [0.05, 0.1) is 5.56 Å². The van der Waals surface area contributed by atoms with E-state index in [0.29, 0.717) is 5.56 Å². The monoisotopic (exact) mass is 475 g/mol. The van der Waals surface area contributed by atoms with Crippen LogP contribution in [0.25, 0.3) is 16.9 Å². The summed E-state index contributed by atoms with van der Waals surface area (Å²) in [7, 11) is 0. The van der Waals surface area contributed by atoms with Gasteiger partial charge >= 0.3 is 0 Å². The number of hydrogen-bond acceptors (Lipinski definition) is 7. The van der Waals surface area contributed by atoms with Gasteiger partial charge in [0.1, 0.15) is 22.8 Å². The molecule has 3 atom stereocenters. The zero-order valence-corrected chi connectivity index (χ0v) is 19.3. The molecule has 6 N–H and O–H groups in total. The first kappa shape index (κ1) is 22.9. The van der Waals surface area contributed by atoms with Crippen LogP contribution in [0.3, 0.4) is 0 Å². The molecule has 0 radical (unpaired) electrons. The highest BCUT2D eigenvalue weighted by Crippen LogP contribution is 2.53. The minimum Gasteiger partial charge on any atom is -0.508 e. The third-order valence-corrected chi connectivity index (χ3v) is 7.48. The number of aliphatic hydroxyl groups is 3. The number of amides is 1. The quantitative estimate of drug-likeness (QED) is 0.418. The van der Waals surface area contributed by atoms with Crippen LogP contribution in [0, 0.1) is 25.7 Å². The number of aryl methyl sites for hydroxylation is 2. The van der Waals surface area contributed by atoms with Crippen molar-refractivity contribution in [1.82, 2.24) is 0 Å². The first-order valence-corrected chi connectivity index (χ1v) is 11.4. The maximum absolute atomic E-state index is 13.6. The molecule has 0 aliphatic heterocycles. The van der Waals surface area contributed by atoms with Gasteiger partial charge in [0.15, 0.2) is 11.4 Å². The fraction of sp³-hybridized carbons (Fsp3) is 0.296. The third-order valence-electron chi connectivity index (χ3n) is 7.48. The zero-order valence-electron chi connectivity index (χ0n) is 19.3. The molecule has 0 unspecified atom stereocenters. The number of aromatic hydroxyl groups is 1. The molecule has 8 heteroatoms. The van der Waals surface area contributed by atoms with E-state index in [1.165, 1.54) is 6.07 Å². The van der Waals surface area contributed by atoms with Crippen molar-refractivity contribution < 1.29 is 34.8 Å². The number of phenolic OH excluding ortho intramolecular Hbond substituents is 1. The number of primary amides is 1. The number of ketones is 2. The van der Waals surface area contributed by atoms with Crippen molar-refractivity contribution in [3.8, 4) is 16.9 Å². The first-order valence-electron chi connectivity index (χ1n) is 11.4. The molecule has 0 aromatic heterocycles. The lowest BCUT2D eigenvalue weighted by molar-refractivity contribution is -0.147. The molecule has 0 bridgehead atoms. The summed E-state index contributed by atoms with van der Waals surface area (Å²) in [6, 6.07) is 9.23. The summed E-state index contributed by atoms with van der Waals surface area (Å²) >= 11 is 0. The molecule has 1 saturated carbocycles. The normalized spacial score (nSPS) is 25.8. The lowest BCUT2D eigenvalue weighted by atomic mass is 9.59. The van der Waals surface area contributed by atoms with Gasteiger partial charge in [-0.3, -0.25) is 14.4 Å². The number of Topliss-reactive ketones (excluding diaryl/α,β-unsaturated/α-hetero) is 2. The average molecular weight is 475 g/mol. The van der Waals surface area contributed by atoms with Crippen LogP contribution in [0.1, 0.15) is 35.1 Å². The summed E-state index contributed by atoms with van der Waals surface area (Å²) in [6.07, 6.45) is 0.0297. The standard InChI is InChI=1S/C27H25NO7/c1-11-5-12(2)7-13(6-11)16-3-4-18(29)21-17(16)9-14-8-15-10-19(30)22(26(28)34)25(33)27(15,35)24(32)20(14)23(21)31/h3-7,14-15,29,31,33,35H,8-10H2,1-2H3,(H2,28,34)/t14-,15+,27+/m1/s1. The van der Waals surface area contributed by atoms with E-state index in [4.69, 9.17) is 5.73 Å². The van der Waals surface area contributed by atoms with E-state index in [1.54, 1.807) is 6.07 Å². The van der Waals surface area contributed by atoms with Gasteiger partial charge < -0.3 is 26.2 Å². The van der Waals surface area contributed by atoms with Crippen molar-refractivity contribution in [3.05, 3.63) is 69.5 Å². The topological polar surface area (TPSA) is 158 Å². The number of fused-ring (bicyclic) bond motifs is 3. The van der Waals surface area contributed by atoms with Crippen LogP contribution in [0.2, 0.25) is 0 Å². The van der Waals surface area contributed by atoms with Crippen molar-refractivity contribution in [3.63, 3.8) is 0 Å². The Bertz CT molecular complexity index is 1400. The lowest BCUT2D eigenvalue weighted by Gasteiger charge is -2.46. The number of carbonyl (C=O) groups is 3. The fourth-order valence-corrected chi connectivity index (χ4v) is 6.02. The summed E-state index contributed by atoms with van der Waals surface area (Å²) in [5, 5.41) is 43.8. The number of aliphatic hydroxyl groups excluding tert-OH is 2. The highest BCUT2D eigenvalue weighted by Gasteiger charge is 2.60. The highest BCUT2D eigenvalue weighted by molar-refractivity contribution is 6.22. The van der Waals surface area contributed by atoms with Crippen LogP contribution in [0.5, 0.6) is 5.75 Å². The van der Waals surface area contributed by atoms with Gasteiger partial charge in [0.2, 0.25) is 5.78 Å². The Morgan fingerprint density at radius 3 is 2.31 bits per heavy atom. The predicted molar refractivity (Wildman–Crippen MR) is 126 cm³/mol. The second kappa shape index (κ2) is 7.55. The Morgan fingerprint density at radius 2 is 1.69 bits per heavy atom. The van der Waals surface area contributed by atoms with E-state index in [0.717, 1.165) is 22.3 Å². The van der Waals surface area contributed by atoms with Crippen LogP contribution in [0.15, 0.2) is 47.2 Å². The molecule has 180 valence electrons. The second-order valence-electron chi connectivity index (χ2n) is 9.77. The molecule has 0 heterocycles. The van der Waals surface area contributed by atoms with Crippen molar-refractivity contribution >= 4 is 23.2 Å². The van der Waals surface area contributed by atoms with Crippen molar-refractivity contribution in [1.29, 1.82) is 0 Å². The van der Waals surface area contributed by atoms with E-state index in [-0.39, 0.29) is 36.1 Å². The van der Waals surface area contributed by atoms with Crippen LogP contribution in [-0.2, 0) is 20.8 Å². The van der Waals surface area contributed by atoms with Crippen LogP contribution in [0.4, 0.5) is 0 Å². The van der Waals surface area contributed by atoms with Crippen molar-refractivity contribution in [2.75, 3.05) is 0 Å². The maximum Gasteiger partial charge on any atom is 0.255 e. The zero-order chi connectivity index (χ0) is 25.4. The van der Waals surface area contributed by atoms with Gasteiger partial charge in [-0.2, -0.15) is 0 Å². The molecule has 2 aromatic carbocycles. The van der Waals surface area contributed by atoms with E-state index in [9.17, 15) is 34.8 Å². The van der Waals surface area contributed by atoms with E-state index in [1.807, 2.05) is 32.0 Å². The smallest absolute Gasteiger partial charge is 0.255 e. The first-order chi connectivity index (χ1) is 16.4. The van der Waals surface area contributed by atoms with Gasteiger partial charge in [-0.15, -0.1) is 0 Å². The summed E-state index contributed by atoms with van der Waals surface area (Å²) in [4.78, 5) is 37.8. The van der Waals surface area contributed by atoms with Crippen LogP contribution < -0.4 is 5.73 Å². The molecule has 5 rings (SSSR count). The maximum atomic E-state index is 13.6. The van der Waals surface area contributed by atoms with Gasteiger partial charge in [-0.05, 0) is 55.4 Å². The van der Waals surface area contributed by atoms with Crippen LogP contribution in [-0.4, -0.2) is 43.5 Å². The minimum atomic E-state index is -2.56. The number of carbonyl (C=O) groups excluding carboxylic acids is 3. The van der Waals surface area contributed by atoms with Gasteiger partial charge in [0.25, 0.3) is 5.91 Å². The van der Waals surface area contributed by atoms with Gasteiger partial charge in [-0.25, -0.2) is 0 Å². The number of benzene rings is 2. The molecular weight excluding hydrogens is 450 g/mol. The molecule has 3 aliphatic carbocycles. The Kier molecular flexibility index (Phi) is 4.93. The molecule has 3 aliphatic rings. The Hall–Kier alpha value is -3.91. The fourth-order valence-electron chi connectivity index (χ4n) is 6.02. The summed E-state index contributed by atoms with van der Waals surface area (Å²) in [5.41, 5.74) is 6.24. The summed E-state index contributed by atoms with van der Waals surface area (Å²) in [6.45, 7) is 3.94. The molecule has 8 nitrogen and oxygen atoms in total. The highest BCUT2D eigenvalue weighted by atomic mass is 16.3. The van der Waals surface area contributed by atoms with Gasteiger partial charge in [0, 0.05) is 17.9 Å². The number of hydrogen-bond donors (Lipinski definition) is 5. The molecule has 35 heavy (non-hydrogen) atoms. The Labute approximate surface area is 201 Å². The minimum absolute atomic E-state index is 0.0915. The number of rotatable bonds is 2. The van der Waals surface area contributed by atoms with Gasteiger partial charge in [-0.1, -0.05) is 35.4 Å².